The van der Waals surface area contributed by atoms with Crippen molar-refractivity contribution in [2.75, 3.05) is 6.54 Å². The first kappa shape index (κ1) is 15.5. The Balaban J connectivity index is 1.63. The van der Waals surface area contributed by atoms with Crippen LogP contribution in [0.5, 0.6) is 0 Å². The molecule has 23 heavy (non-hydrogen) atoms. The minimum Gasteiger partial charge on any atom is -0.361 e. The summed E-state index contributed by atoms with van der Waals surface area (Å²) in [6, 6.07) is 14.6. The average Bonchev–Trinajstić information content (AvgIpc) is 2.94. The highest BCUT2D eigenvalue weighted by Crippen LogP contribution is 2.15. The molecule has 0 saturated carbocycles. The number of nitrogens with one attached hydrogen (secondary N) is 1. The van der Waals surface area contributed by atoms with Crippen LogP contribution in [-0.2, 0) is 16.4 Å². The number of nitrogens with zero attached hydrogens (tertiary/aromatic N) is 1. The van der Waals surface area contributed by atoms with Gasteiger partial charge in [0.15, 0.2) is 0 Å². The first-order valence-electron chi connectivity index (χ1n) is 7.22. The molecule has 6 heteroatoms. The smallest absolute Gasteiger partial charge is 0.238 e. The van der Waals surface area contributed by atoms with Crippen LogP contribution in [0.25, 0.3) is 10.9 Å². The van der Waals surface area contributed by atoms with Crippen molar-refractivity contribution < 1.29 is 8.42 Å². The lowest BCUT2D eigenvalue weighted by Crippen LogP contribution is -2.11. The maximum absolute atomic E-state index is 11.2. The van der Waals surface area contributed by atoms with E-state index in [0.717, 1.165) is 28.5 Å². The zero-order valence-electron chi connectivity index (χ0n) is 12.4. The molecule has 0 amide bonds. The highest BCUT2D eigenvalue weighted by atomic mass is 32.2. The summed E-state index contributed by atoms with van der Waals surface area (Å²) in [5, 5.41) is 6.22. The lowest BCUT2D eigenvalue weighted by atomic mass is 10.1. The molecule has 1 heterocycles. The van der Waals surface area contributed by atoms with Crippen LogP contribution in [0.15, 0.2) is 64.6 Å². The number of rotatable bonds is 5. The highest BCUT2D eigenvalue weighted by Gasteiger charge is 2.06. The normalized spacial score (nSPS) is 12.2. The van der Waals surface area contributed by atoms with Gasteiger partial charge in [0.2, 0.25) is 10.0 Å². The van der Waals surface area contributed by atoms with E-state index in [1.807, 2.05) is 30.6 Å². The zero-order chi connectivity index (χ0) is 16.3. The van der Waals surface area contributed by atoms with Crippen molar-refractivity contribution in [1.29, 1.82) is 0 Å². The maximum Gasteiger partial charge on any atom is 0.238 e. The molecule has 0 aliphatic rings. The number of hydrogen-bond donors (Lipinski definition) is 2. The molecule has 118 valence electrons. The molecule has 0 fully saturated rings. The average molecular weight is 327 g/mol. The topological polar surface area (TPSA) is 88.3 Å². The molecule has 0 unspecified atom stereocenters. The van der Waals surface area contributed by atoms with E-state index in [9.17, 15) is 8.42 Å². The molecular weight excluding hydrogens is 310 g/mol. The summed E-state index contributed by atoms with van der Waals surface area (Å²) in [6.07, 6.45) is 4.54. The van der Waals surface area contributed by atoms with Gasteiger partial charge in [-0.2, -0.15) is 0 Å². The fourth-order valence-electron chi connectivity index (χ4n) is 2.40. The molecule has 0 radical (unpaired) electrons. The Bertz CT molecular complexity index is 941. The number of fused-ring (bicyclic) bond motifs is 1. The van der Waals surface area contributed by atoms with Crippen molar-refractivity contribution >= 4 is 27.1 Å². The molecule has 3 aromatic rings. The third-order valence-corrected chi connectivity index (χ3v) is 4.56. The lowest BCUT2D eigenvalue weighted by molar-refractivity contribution is 0.598. The first-order valence-corrected chi connectivity index (χ1v) is 8.76. The van der Waals surface area contributed by atoms with Crippen molar-refractivity contribution in [3.05, 3.63) is 65.9 Å². The van der Waals surface area contributed by atoms with Gasteiger partial charge in [0.1, 0.15) is 0 Å². The zero-order valence-corrected chi connectivity index (χ0v) is 13.3. The van der Waals surface area contributed by atoms with Crippen LogP contribution in [0.4, 0.5) is 0 Å². The van der Waals surface area contributed by atoms with Gasteiger partial charge in [0.05, 0.1) is 4.90 Å². The number of aromatic amines is 1. The Hall–Kier alpha value is -2.44. The van der Waals surface area contributed by atoms with Gasteiger partial charge in [-0.05, 0) is 30.2 Å². The number of aliphatic imine (C=N–C) groups is 1. The predicted octanol–water partition coefficient (Wildman–Crippen LogP) is 2.48. The van der Waals surface area contributed by atoms with Gasteiger partial charge >= 0.3 is 0 Å². The Morgan fingerprint density at radius 1 is 1.09 bits per heavy atom. The van der Waals surface area contributed by atoms with Crippen molar-refractivity contribution in [2.45, 2.75) is 11.3 Å². The Labute approximate surface area is 134 Å². The fourth-order valence-corrected chi connectivity index (χ4v) is 2.92. The van der Waals surface area contributed by atoms with E-state index in [-0.39, 0.29) is 4.90 Å². The number of H-pyrrole nitrogens is 1. The van der Waals surface area contributed by atoms with E-state index in [1.165, 1.54) is 12.1 Å². The lowest BCUT2D eigenvalue weighted by Gasteiger charge is -2.01. The summed E-state index contributed by atoms with van der Waals surface area (Å²) in [4.78, 5) is 7.78. The number of benzene rings is 2. The molecule has 5 nitrogen and oxygen atoms in total. The van der Waals surface area contributed by atoms with Gasteiger partial charge < -0.3 is 4.98 Å². The summed E-state index contributed by atoms with van der Waals surface area (Å²) in [5.41, 5.74) is 3.17. The Kier molecular flexibility index (Phi) is 4.27. The van der Waals surface area contributed by atoms with E-state index in [4.69, 9.17) is 5.14 Å². The Morgan fingerprint density at radius 2 is 1.83 bits per heavy atom. The number of para-hydroxylation sites is 1. The van der Waals surface area contributed by atoms with Gasteiger partial charge in [-0.1, -0.05) is 30.3 Å². The third-order valence-electron chi connectivity index (χ3n) is 3.63. The van der Waals surface area contributed by atoms with Crippen molar-refractivity contribution in [2.24, 2.45) is 10.1 Å². The molecule has 0 aliphatic carbocycles. The van der Waals surface area contributed by atoms with Crippen LogP contribution in [-0.4, -0.2) is 26.2 Å². The standard InChI is InChI=1S/C17H17N3O2S/c18-23(21,22)15-7-5-13(6-8-15)9-10-19-11-14-12-20-17-4-2-1-3-16(14)17/h1-8,11-12,20H,9-10H2,(H2,18,21,22). The number of sulfonamides is 1. The molecule has 0 aliphatic heterocycles. The monoisotopic (exact) mass is 327 g/mol. The summed E-state index contributed by atoms with van der Waals surface area (Å²) < 4.78 is 22.4. The van der Waals surface area contributed by atoms with Gasteiger partial charge in [0.25, 0.3) is 0 Å². The SMILES string of the molecule is NS(=O)(=O)c1ccc(CCN=Cc2c[nH]c3ccccc23)cc1. The minimum atomic E-state index is -3.63. The molecule has 0 atom stereocenters. The second-order valence-corrected chi connectivity index (χ2v) is 6.83. The molecular formula is C17H17N3O2S. The minimum absolute atomic E-state index is 0.128. The molecule has 0 bridgehead atoms. The predicted molar refractivity (Wildman–Crippen MR) is 92.3 cm³/mol. The summed E-state index contributed by atoms with van der Waals surface area (Å²) in [6.45, 7) is 0.633. The largest absolute Gasteiger partial charge is 0.361 e. The van der Waals surface area contributed by atoms with Crippen LogP contribution >= 0.6 is 0 Å². The second-order valence-electron chi connectivity index (χ2n) is 5.26. The van der Waals surface area contributed by atoms with Crippen LogP contribution in [0.2, 0.25) is 0 Å². The molecule has 1 aromatic heterocycles. The highest BCUT2D eigenvalue weighted by molar-refractivity contribution is 7.89. The van der Waals surface area contributed by atoms with Gasteiger partial charge in [-0.3, -0.25) is 4.99 Å². The van der Waals surface area contributed by atoms with E-state index in [2.05, 4.69) is 16.0 Å². The van der Waals surface area contributed by atoms with Gasteiger partial charge in [-0.15, -0.1) is 0 Å². The summed E-state index contributed by atoms with van der Waals surface area (Å²) in [7, 11) is -3.63. The van der Waals surface area contributed by atoms with E-state index < -0.39 is 10.0 Å². The Morgan fingerprint density at radius 3 is 2.57 bits per heavy atom. The first-order chi connectivity index (χ1) is 11.0. The van der Waals surface area contributed by atoms with Gasteiger partial charge in [-0.25, -0.2) is 13.6 Å². The molecule has 2 aromatic carbocycles. The van der Waals surface area contributed by atoms with Crippen molar-refractivity contribution in [3.8, 4) is 0 Å². The van der Waals surface area contributed by atoms with E-state index >= 15 is 0 Å². The molecule has 3 rings (SSSR count). The van der Waals surface area contributed by atoms with Crippen LogP contribution in [0.1, 0.15) is 11.1 Å². The third kappa shape index (κ3) is 3.67. The van der Waals surface area contributed by atoms with Crippen LogP contribution in [0, 0.1) is 0 Å². The number of nitrogens with two attached hydrogens (primary N) is 1. The van der Waals surface area contributed by atoms with Crippen molar-refractivity contribution in [1.82, 2.24) is 4.98 Å². The number of aromatic nitrogens is 1. The quantitative estimate of drug-likeness (QED) is 0.705. The summed E-state index contributed by atoms with van der Waals surface area (Å²) in [5.74, 6) is 0. The number of hydrogen-bond acceptors (Lipinski definition) is 3. The molecule has 3 N–H and O–H groups in total. The fraction of sp³-hybridized carbons (Fsp3) is 0.118. The molecule has 0 saturated heterocycles. The maximum atomic E-state index is 11.2. The second kappa shape index (κ2) is 6.36. The van der Waals surface area contributed by atoms with Gasteiger partial charge in [0, 0.05) is 35.4 Å². The van der Waals surface area contributed by atoms with Crippen LogP contribution < -0.4 is 5.14 Å². The van der Waals surface area contributed by atoms with Crippen molar-refractivity contribution in [3.63, 3.8) is 0 Å². The summed E-state index contributed by atoms with van der Waals surface area (Å²) >= 11 is 0. The van der Waals surface area contributed by atoms with E-state index in [1.54, 1.807) is 12.1 Å². The number of primary sulfonamides is 1. The molecule has 0 spiro atoms. The van der Waals surface area contributed by atoms with E-state index in [0.29, 0.717) is 6.54 Å². The van der Waals surface area contributed by atoms with Crippen LogP contribution in [0.3, 0.4) is 0 Å².